The Hall–Kier alpha value is -1.41. The van der Waals surface area contributed by atoms with Gasteiger partial charge in [0.25, 0.3) is 5.91 Å². The van der Waals surface area contributed by atoms with E-state index < -0.39 is 12.3 Å². The summed E-state index contributed by atoms with van der Waals surface area (Å²) >= 11 is 1.41. The number of benzene rings is 1. The molecule has 0 aliphatic heterocycles. The topological polar surface area (TPSA) is 58.6 Å². The summed E-state index contributed by atoms with van der Waals surface area (Å²) in [4.78, 5) is 11.9. The Balaban J connectivity index is 2.67. The maximum Gasteiger partial charge on any atom is 0.573 e. The van der Waals surface area contributed by atoms with Crippen LogP contribution in [0.1, 0.15) is 17.3 Å². The fraction of sp³-hybridized carbons (Fsp3) is 0.462. The van der Waals surface area contributed by atoms with Gasteiger partial charge < -0.3 is 15.2 Å². The van der Waals surface area contributed by atoms with Crippen LogP contribution >= 0.6 is 11.8 Å². The third kappa shape index (κ3) is 5.84. The lowest BCUT2D eigenvalue weighted by Gasteiger charge is -2.21. The predicted octanol–water partition coefficient (Wildman–Crippen LogP) is 2.43. The minimum absolute atomic E-state index is 0.0824. The van der Waals surface area contributed by atoms with Crippen LogP contribution in [0.5, 0.6) is 5.75 Å². The average molecular weight is 323 g/mol. The Kier molecular flexibility index (Phi) is 6.35. The first-order chi connectivity index (χ1) is 9.76. The molecular formula is C13H16F3NO3S. The van der Waals surface area contributed by atoms with Crippen LogP contribution < -0.4 is 10.1 Å². The number of rotatable bonds is 6. The third-order valence-corrected chi connectivity index (χ3v) is 3.91. The van der Waals surface area contributed by atoms with E-state index in [1.807, 2.05) is 6.26 Å². The van der Waals surface area contributed by atoms with Crippen molar-refractivity contribution in [3.05, 3.63) is 29.8 Å². The quantitative estimate of drug-likeness (QED) is 0.844. The Bertz CT molecular complexity index is 461. The van der Waals surface area contributed by atoms with Crippen molar-refractivity contribution >= 4 is 17.7 Å². The smallest absolute Gasteiger partial charge is 0.406 e. The van der Waals surface area contributed by atoms with Gasteiger partial charge in [0.1, 0.15) is 5.75 Å². The lowest BCUT2D eigenvalue weighted by Crippen LogP contribution is -2.41. The molecule has 118 valence electrons. The van der Waals surface area contributed by atoms with Gasteiger partial charge in [0.15, 0.2) is 0 Å². The predicted molar refractivity (Wildman–Crippen MR) is 74.4 cm³/mol. The number of carbonyl (C=O) groups excluding carboxylic acids is 1. The van der Waals surface area contributed by atoms with Gasteiger partial charge in [-0.3, -0.25) is 4.79 Å². The number of hydrogen-bond acceptors (Lipinski definition) is 4. The van der Waals surface area contributed by atoms with Crippen LogP contribution in [0.2, 0.25) is 0 Å². The first-order valence-corrected chi connectivity index (χ1v) is 7.36. The molecule has 0 saturated heterocycles. The highest BCUT2D eigenvalue weighted by Gasteiger charge is 2.31. The molecule has 1 aromatic rings. The lowest BCUT2D eigenvalue weighted by molar-refractivity contribution is -0.274. The number of thioether (sulfide) groups is 1. The molecule has 2 N–H and O–H groups in total. The summed E-state index contributed by atoms with van der Waals surface area (Å²) in [7, 11) is 0. The number of ether oxygens (including phenoxy) is 1. The van der Waals surface area contributed by atoms with Crippen LogP contribution in [-0.4, -0.2) is 41.5 Å². The van der Waals surface area contributed by atoms with Crippen LogP contribution in [0, 0.1) is 0 Å². The molecule has 8 heteroatoms. The SMILES string of the molecule is CSC(CO)C(C)NC(=O)c1ccc(OC(F)(F)F)cc1. The molecule has 0 spiro atoms. The van der Waals surface area contributed by atoms with Gasteiger partial charge in [0.2, 0.25) is 0 Å². The molecule has 0 saturated carbocycles. The van der Waals surface area contributed by atoms with Crippen LogP contribution in [0.25, 0.3) is 0 Å². The van der Waals surface area contributed by atoms with E-state index in [0.717, 1.165) is 12.1 Å². The van der Waals surface area contributed by atoms with Crippen molar-refractivity contribution in [3.8, 4) is 5.75 Å². The Morgan fingerprint density at radius 3 is 2.38 bits per heavy atom. The molecule has 0 aromatic heterocycles. The zero-order chi connectivity index (χ0) is 16.0. The highest BCUT2D eigenvalue weighted by atomic mass is 32.2. The normalized spacial score (nSPS) is 14.4. The summed E-state index contributed by atoms with van der Waals surface area (Å²) in [5, 5.41) is 11.7. The fourth-order valence-corrected chi connectivity index (χ4v) is 2.25. The summed E-state index contributed by atoms with van der Waals surface area (Å²) in [6.45, 7) is 1.66. The molecule has 0 bridgehead atoms. The van der Waals surface area contributed by atoms with Crippen LogP contribution in [0.4, 0.5) is 13.2 Å². The van der Waals surface area contributed by atoms with E-state index in [2.05, 4.69) is 10.1 Å². The number of aliphatic hydroxyl groups excluding tert-OH is 1. The maximum absolute atomic E-state index is 12.0. The van der Waals surface area contributed by atoms with Gasteiger partial charge in [-0.25, -0.2) is 0 Å². The monoisotopic (exact) mass is 323 g/mol. The third-order valence-electron chi connectivity index (χ3n) is 2.75. The average Bonchev–Trinajstić information content (AvgIpc) is 2.39. The van der Waals surface area contributed by atoms with Crippen LogP contribution in [-0.2, 0) is 0 Å². The number of nitrogens with one attached hydrogen (secondary N) is 1. The summed E-state index contributed by atoms with van der Waals surface area (Å²) in [5.74, 6) is -0.807. The van der Waals surface area contributed by atoms with Crippen molar-refractivity contribution in [2.24, 2.45) is 0 Å². The summed E-state index contributed by atoms with van der Waals surface area (Å²) < 4.78 is 39.8. The van der Waals surface area contributed by atoms with E-state index in [9.17, 15) is 18.0 Å². The zero-order valence-corrected chi connectivity index (χ0v) is 12.3. The van der Waals surface area contributed by atoms with Gasteiger partial charge >= 0.3 is 6.36 Å². The van der Waals surface area contributed by atoms with Crippen molar-refractivity contribution in [1.29, 1.82) is 0 Å². The molecule has 21 heavy (non-hydrogen) atoms. The highest BCUT2D eigenvalue weighted by Crippen LogP contribution is 2.22. The minimum Gasteiger partial charge on any atom is -0.406 e. The van der Waals surface area contributed by atoms with Crippen molar-refractivity contribution in [1.82, 2.24) is 5.32 Å². The number of carbonyl (C=O) groups is 1. The zero-order valence-electron chi connectivity index (χ0n) is 11.5. The Morgan fingerprint density at radius 1 is 1.38 bits per heavy atom. The maximum atomic E-state index is 12.0. The van der Waals surface area contributed by atoms with Gasteiger partial charge in [-0.15, -0.1) is 13.2 Å². The molecule has 4 nitrogen and oxygen atoms in total. The summed E-state index contributed by atoms with van der Waals surface area (Å²) in [6.07, 6.45) is -2.95. The van der Waals surface area contributed by atoms with Crippen molar-refractivity contribution in [2.45, 2.75) is 24.6 Å². The molecule has 2 atom stereocenters. The van der Waals surface area contributed by atoms with E-state index in [1.165, 1.54) is 23.9 Å². The molecule has 1 amide bonds. The molecule has 0 aliphatic rings. The number of alkyl halides is 3. The van der Waals surface area contributed by atoms with Crippen LogP contribution in [0.3, 0.4) is 0 Å². The van der Waals surface area contributed by atoms with Gasteiger partial charge in [-0.2, -0.15) is 11.8 Å². The van der Waals surface area contributed by atoms with Gasteiger partial charge in [-0.1, -0.05) is 0 Å². The second-order valence-corrected chi connectivity index (χ2v) is 5.37. The number of aliphatic hydroxyl groups is 1. The van der Waals surface area contributed by atoms with Crippen molar-refractivity contribution in [3.63, 3.8) is 0 Å². The second-order valence-electron chi connectivity index (χ2n) is 4.29. The highest BCUT2D eigenvalue weighted by molar-refractivity contribution is 7.99. The van der Waals surface area contributed by atoms with Crippen molar-refractivity contribution < 1.29 is 27.8 Å². The van der Waals surface area contributed by atoms with E-state index in [0.29, 0.717) is 0 Å². The first kappa shape index (κ1) is 17.6. The van der Waals surface area contributed by atoms with E-state index in [4.69, 9.17) is 5.11 Å². The van der Waals surface area contributed by atoms with Gasteiger partial charge in [0, 0.05) is 16.9 Å². The lowest BCUT2D eigenvalue weighted by atomic mass is 10.1. The number of hydrogen-bond donors (Lipinski definition) is 2. The van der Waals surface area contributed by atoms with E-state index >= 15 is 0 Å². The summed E-state index contributed by atoms with van der Waals surface area (Å²) in [5.41, 5.74) is 0.217. The molecule has 2 unspecified atom stereocenters. The van der Waals surface area contributed by atoms with Crippen LogP contribution in [0.15, 0.2) is 24.3 Å². The Labute approximate surface area is 124 Å². The van der Waals surface area contributed by atoms with Gasteiger partial charge in [0.05, 0.1) is 6.61 Å². The standard InChI is InChI=1S/C13H16F3NO3S/c1-8(11(7-18)21-2)17-12(19)9-3-5-10(6-4-9)20-13(14,15)16/h3-6,8,11,18H,7H2,1-2H3,(H,17,19). The molecular weight excluding hydrogens is 307 g/mol. The minimum atomic E-state index is -4.76. The van der Waals surface area contributed by atoms with E-state index in [-0.39, 0.29) is 29.2 Å². The molecule has 0 aliphatic carbocycles. The molecule has 0 fully saturated rings. The van der Waals surface area contributed by atoms with Crippen molar-refractivity contribution in [2.75, 3.05) is 12.9 Å². The van der Waals surface area contributed by atoms with Gasteiger partial charge in [-0.05, 0) is 37.4 Å². The molecule has 1 rings (SSSR count). The largest absolute Gasteiger partial charge is 0.573 e. The molecule has 1 aromatic carbocycles. The second kappa shape index (κ2) is 7.56. The number of halogens is 3. The Morgan fingerprint density at radius 2 is 1.95 bits per heavy atom. The fourth-order valence-electron chi connectivity index (χ4n) is 1.63. The summed E-state index contributed by atoms with van der Waals surface area (Å²) in [6, 6.07) is 4.37. The number of amides is 1. The first-order valence-electron chi connectivity index (χ1n) is 6.07. The molecule has 0 radical (unpaired) electrons. The molecule has 0 heterocycles. The van der Waals surface area contributed by atoms with E-state index in [1.54, 1.807) is 6.92 Å².